The Balaban J connectivity index is 2.16. The maximum Gasteiger partial charge on any atom is 0.227 e. The van der Waals surface area contributed by atoms with E-state index in [1.54, 1.807) is 6.07 Å². The summed E-state index contributed by atoms with van der Waals surface area (Å²) in [4.78, 5) is 4.30. The van der Waals surface area contributed by atoms with E-state index in [-0.39, 0.29) is 6.04 Å². The van der Waals surface area contributed by atoms with Crippen molar-refractivity contribution in [2.45, 2.75) is 25.8 Å². The molecule has 0 radical (unpaired) electrons. The molecule has 0 amide bonds. The molecule has 90 valence electrons. The molecule has 1 atom stereocenters. The maximum atomic E-state index is 6.05. The van der Waals surface area contributed by atoms with Gasteiger partial charge in [0.05, 0.1) is 5.02 Å². The molecule has 0 saturated heterocycles. The molecule has 4 nitrogen and oxygen atoms in total. The molecular formula is C12H14ClN3O. The number of hydrogen-bond donors (Lipinski definition) is 1. The second-order valence-electron chi connectivity index (χ2n) is 4.01. The lowest BCUT2D eigenvalue weighted by Crippen LogP contribution is -2.15. The van der Waals surface area contributed by atoms with Gasteiger partial charge in [-0.05, 0) is 25.5 Å². The number of aromatic nitrogens is 2. The van der Waals surface area contributed by atoms with E-state index in [9.17, 15) is 0 Å². The molecule has 1 aromatic heterocycles. The Labute approximate surface area is 105 Å². The van der Waals surface area contributed by atoms with Crippen molar-refractivity contribution >= 4 is 11.6 Å². The van der Waals surface area contributed by atoms with Gasteiger partial charge >= 0.3 is 0 Å². The highest BCUT2D eigenvalue weighted by atomic mass is 35.5. The fourth-order valence-electron chi connectivity index (χ4n) is 1.46. The van der Waals surface area contributed by atoms with Crippen molar-refractivity contribution in [2.75, 3.05) is 0 Å². The number of nitrogens with zero attached hydrogens (tertiary/aromatic N) is 2. The first-order valence-electron chi connectivity index (χ1n) is 5.50. The van der Waals surface area contributed by atoms with Crippen LogP contribution in [0.1, 0.15) is 19.2 Å². The zero-order valence-electron chi connectivity index (χ0n) is 9.56. The van der Waals surface area contributed by atoms with E-state index < -0.39 is 0 Å². The Morgan fingerprint density at radius 2 is 2.18 bits per heavy atom. The number of hydrogen-bond acceptors (Lipinski definition) is 4. The van der Waals surface area contributed by atoms with Crippen LogP contribution in [-0.2, 0) is 6.42 Å². The van der Waals surface area contributed by atoms with Gasteiger partial charge in [-0.2, -0.15) is 4.98 Å². The number of nitrogens with two attached hydrogens (primary N) is 1. The average Bonchev–Trinajstić information content (AvgIpc) is 2.75. The molecular weight excluding hydrogens is 238 g/mol. The van der Waals surface area contributed by atoms with Gasteiger partial charge in [0.25, 0.3) is 0 Å². The molecule has 0 aliphatic carbocycles. The smallest absolute Gasteiger partial charge is 0.227 e. The van der Waals surface area contributed by atoms with Crippen molar-refractivity contribution in [1.29, 1.82) is 0 Å². The lowest BCUT2D eigenvalue weighted by molar-refractivity contribution is 0.372. The summed E-state index contributed by atoms with van der Waals surface area (Å²) < 4.78 is 5.15. The fourth-order valence-corrected chi connectivity index (χ4v) is 1.68. The number of rotatable bonds is 4. The normalized spacial score (nSPS) is 12.6. The van der Waals surface area contributed by atoms with Crippen LogP contribution in [0.25, 0.3) is 11.4 Å². The minimum absolute atomic E-state index is 0.130. The van der Waals surface area contributed by atoms with E-state index in [1.165, 1.54) is 0 Å². The molecule has 17 heavy (non-hydrogen) atoms. The summed E-state index contributed by atoms with van der Waals surface area (Å²) in [6.45, 7) is 1.95. The predicted molar refractivity (Wildman–Crippen MR) is 66.7 cm³/mol. The second-order valence-corrected chi connectivity index (χ2v) is 4.41. The molecule has 5 heteroatoms. The number of aryl methyl sites for hydroxylation is 1. The van der Waals surface area contributed by atoms with E-state index in [2.05, 4.69) is 10.1 Å². The Kier molecular flexibility index (Phi) is 3.76. The summed E-state index contributed by atoms with van der Waals surface area (Å²) in [5.74, 6) is 1.12. The molecule has 1 unspecified atom stereocenters. The minimum Gasteiger partial charge on any atom is -0.339 e. The van der Waals surface area contributed by atoms with Gasteiger partial charge in [-0.25, -0.2) is 0 Å². The third kappa shape index (κ3) is 3.05. The van der Waals surface area contributed by atoms with Crippen molar-refractivity contribution in [2.24, 2.45) is 5.73 Å². The van der Waals surface area contributed by atoms with Gasteiger partial charge in [0, 0.05) is 18.0 Å². The summed E-state index contributed by atoms with van der Waals surface area (Å²) in [5.41, 5.74) is 6.45. The van der Waals surface area contributed by atoms with Crippen LogP contribution in [0.15, 0.2) is 28.8 Å². The van der Waals surface area contributed by atoms with Crippen molar-refractivity contribution in [3.63, 3.8) is 0 Å². The van der Waals surface area contributed by atoms with E-state index in [0.717, 1.165) is 12.0 Å². The van der Waals surface area contributed by atoms with Gasteiger partial charge in [-0.3, -0.25) is 0 Å². The van der Waals surface area contributed by atoms with Gasteiger partial charge in [0.2, 0.25) is 11.7 Å². The van der Waals surface area contributed by atoms with Crippen molar-refractivity contribution in [3.8, 4) is 11.4 Å². The highest BCUT2D eigenvalue weighted by Crippen LogP contribution is 2.24. The quantitative estimate of drug-likeness (QED) is 0.907. The lowest BCUT2D eigenvalue weighted by atomic mass is 10.2. The van der Waals surface area contributed by atoms with Crippen LogP contribution in [0.2, 0.25) is 5.02 Å². The van der Waals surface area contributed by atoms with E-state index >= 15 is 0 Å². The standard InChI is InChI=1S/C12H14ClN3O/c1-8(14)6-7-11-15-12(16-17-11)9-4-2-3-5-10(9)13/h2-5,8H,6-7,14H2,1H3. The number of benzene rings is 1. The maximum absolute atomic E-state index is 6.05. The van der Waals surface area contributed by atoms with E-state index in [4.69, 9.17) is 21.9 Å². The molecule has 0 bridgehead atoms. The van der Waals surface area contributed by atoms with Gasteiger partial charge in [0.1, 0.15) is 0 Å². The molecule has 1 heterocycles. The summed E-state index contributed by atoms with van der Waals surface area (Å²) >= 11 is 6.05. The molecule has 2 rings (SSSR count). The Morgan fingerprint density at radius 3 is 2.88 bits per heavy atom. The third-order valence-corrected chi connectivity index (χ3v) is 2.73. The zero-order chi connectivity index (χ0) is 12.3. The highest BCUT2D eigenvalue weighted by molar-refractivity contribution is 6.33. The first kappa shape index (κ1) is 12.1. The summed E-state index contributed by atoms with van der Waals surface area (Å²) in [5, 5.41) is 4.53. The van der Waals surface area contributed by atoms with E-state index in [0.29, 0.717) is 23.2 Å². The molecule has 0 fully saturated rings. The second kappa shape index (κ2) is 5.29. The molecule has 2 aromatic rings. The Hall–Kier alpha value is -1.39. The lowest BCUT2D eigenvalue weighted by Gasteiger charge is -1.99. The van der Waals surface area contributed by atoms with Crippen LogP contribution in [0.3, 0.4) is 0 Å². The molecule has 0 spiro atoms. The Morgan fingerprint density at radius 1 is 1.41 bits per heavy atom. The predicted octanol–water partition coefficient (Wildman–Crippen LogP) is 2.67. The topological polar surface area (TPSA) is 64.9 Å². The zero-order valence-corrected chi connectivity index (χ0v) is 10.3. The van der Waals surface area contributed by atoms with Crippen molar-refractivity contribution in [1.82, 2.24) is 10.1 Å². The largest absolute Gasteiger partial charge is 0.339 e. The van der Waals surface area contributed by atoms with Crippen LogP contribution in [0, 0.1) is 0 Å². The molecule has 0 saturated carbocycles. The number of halogens is 1. The summed E-state index contributed by atoms with van der Waals surface area (Å²) in [7, 11) is 0. The average molecular weight is 252 g/mol. The summed E-state index contributed by atoms with van der Waals surface area (Å²) in [6.07, 6.45) is 1.51. The summed E-state index contributed by atoms with van der Waals surface area (Å²) in [6, 6.07) is 7.55. The molecule has 0 aliphatic rings. The first-order chi connectivity index (χ1) is 8.16. The van der Waals surface area contributed by atoms with Crippen molar-refractivity contribution < 1.29 is 4.52 Å². The van der Waals surface area contributed by atoms with Crippen LogP contribution < -0.4 is 5.73 Å². The van der Waals surface area contributed by atoms with Crippen LogP contribution in [-0.4, -0.2) is 16.2 Å². The highest BCUT2D eigenvalue weighted by Gasteiger charge is 2.11. The fraction of sp³-hybridized carbons (Fsp3) is 0.333. The van der Waals surface area contributed by atoms with E-state index in [1.807, 2.05) is 25.1 Å². The van der Waals surface area contributed by atoms with Gasteiger partial charge in [0.15, 0.2) is 0 Å². The minimum atomic E-state index is 0.130. The van der Waals surface area contributed by atoms with Crippen LogP contribution in [0.4, 0.5) is 0 Å². The van der Waals surface area contributed by atoms with Crippen molar-refractivity contribution in [3.05, 3.63) is 35.2 Å². The first-order valence-corrected chi connectivity index (χ1v) is 5.87. The van der Waals surface area contributed by atoms with Crippen LogP contribution >= 0.6 is 11.6 Å². The monoisotopic (exact) mass is 251 g/mol. The SMILES string of the molecule is CC(N)CCc1nc(-c2ccccc2Cl)no1. The Bertz CT molecular complexity index is 496. The van der Waals surface area contributed by atoms with Gasteiger partial charge in [-0.15, -0.1) is 0 Å². The third-order valence-electron chi connectivity index (χ3n) is 2.40. The molecule has 2 N–H and O–H groups in total. The van der Waals surface area contributed by atoms with Gasteiger partial charge in [-0.1, -0.05) is 28.9 Å². The van der Waals surface area contributed by atoms with Crippen LogP contribution in [0.5, 0.6) is 0 Å². The molecule has 0 aliphatic heterocycles. The molecule has 1 aromatic carbocycles. The van der Waals surface area contributed by atoms with Gasteiger partial charge < -0.3 is 10.3 Å².